The lowest BCUT2D eigenvalue weighted by atomic mass is 10.1. The van der Waals surface area contributed by atoms with Gasteiger partial charge in [-0.15, -0.1) is 11.8 Å². The van der Waals surface area contributed by atoms with Crippen molar-refractivity contribution in [2.45, 2.75) is 23.7 Å². The van der Waals surface area contributed by atoms with Gasteiger partial charge in [0.05, 0.1) is 16.7 Å². The highest BCUT2D eigenvalue weighted by Gasteiger charge is 2.47. The topological polar surface area (TPSA) is 99.1 Å². The van der Waals surface area contributed by atoms with Crippen molar-refractivity contribution in [2.24, 2.45) is 0 Å². The lowest BCUT2D eigenvalue weighted by Gasteiger charge is -2.38. The van der Waals surface area contributed by atoms with Crippen LogP contribution in [0.5, 0.6) is 0 Å². The molecule has 3 aromatic carbocycles. The second-order valence-electron chi connectivity index (χ2n) is 7.51. The zero-order valence-electron chi connectivity index (χ0n) is 18.0. The molecule has 3 aromatic rings. The molecule has 4 rings (SSSR count). The van der Waals surface area contributed by atoms with E-state index in [0.717, 1.165) is 11.8 Å². The van der Waals surface area contributed by atoms with Crippen LogP contribution in [0.2, 0.25) is 0 Å². The summed E-state index contributed by atoms with van der Waals surface area (Å²) in [7, 11) is 0. The van der Waals surface area contributed by atoms with Crippen LogP contribution in [-0.2, 0) is 14.2 Å². The van der Waals surface area contributed by atoms with Gasteiger partial charge in [-0.1, -0.05) is 54.6 Å². The lowest BCUT2D eigenvalue weighted by molar-refractivity contribution is -0.105. The summed E-state index contributed by atoms with van der Waals surface area (Å²) in [5.74, 6) is -1.85. The molecular formula is C26H22O7S. The van der Waals surface area contributed by atoms with Crippen molar-refractivity contribution in [3.63, 3.8) is 0 Å². The van der Waals surface area contributed by atoms with Crippen LogP contribution < -0.4 is 0 Å². The third kappa shape index (κ3) is 5.65. The van der Waals surface area contributed by atoms with Crippen LogP contribution in [0.15, 0.2) is 91.0 Å². The molecule has 0 saturated carbocycles. The molecule has 1 aliphatic heterocycles. The summed E-state index contributed by atoms with van der Waals surface area (Å²) in [6.45, 7) is 0. The van der Waals surface area contributed by atoms with Gasteiger partial charge >= 0.3 is 17.9 Å². The third-order valence-corrected chi connectivity index (χ3v) is 6.31. The van der Waals surface area contributed by atoms with E-state index in [1.807, 2.05) is 0 Å². The Morgan fingerprint density at radius 1 is 0.618 bits per heavy atom. The van der Waals surface area contributed by atoms with Crippen LogP contribution in [0.25, 0.3) is 0 Å². The van der Waals surface area contributed by atoms with E-state index < -0.39 is 41.7 Å². The average molecular weight is 479 g/mol. The highest BCUT2D eigenvalue weighted by atomic mass is 32.2. The van der Waals surface area contributed by atoms with Crippen molar-refractivity contribution < 1.29 is 33.7 Å². The summed E-state index contributed by atoms with van der Waals surface area (Å²) in [6, 6.07) is 24.9. The number of aliphatic hydroxyl groups is 1. The molecule has 174 valence electrons. The predicted octanol–water partition coefficient (Wildman–Crippen LogP) is 3.73. The molecule has 0 aliphatic carbocycles. The van der Waals surface area contributed by atoms with Crippen molar-refractivity contribution >= 4 is 29.7 Å². The van der Waals surface area contributed by atoms with Gasteiger partial charge in [-0.25, -0.2) is 14.4 Å². The van der Waals surface area contributed by atoms with Crippen LogP contribution in [0, 0.1) is 0 Å². The van der Waals surface area contributed by atoms with Crippen LogP contribution in [-0.4, -0.2) is 52.5 Å². The molecule has 1 heterocycles. The van der Waals surface area contributed by atoms with E-state index in [4.69, 9.17) is 14.2 Å². The molecule has 8 heteroatoms. The summed E-state index contributed by atoms with van der Waals surface area (Å²) < 4.78 is 16.9. The van der Waals surface area contributed by atoms with Gasteiger partial charge in [0.25, 0.3) is 0 Å². The van der Waals surface area contributed by atoms with Crippen LogP contribution in [0.4, 0.5) is 0 Å². The van der Waals surface area contributed by atoms with Gasteiger partial charge in [0.1, 0.15) is 5.44 Å². The molecule has 1 saturated heterocycles. The lowest BCUT2D eigenvalue weighted by Crippen LogP contribution is -2.54. The molecule has 1 N–H and O–H groups in total. The number of thioether (sulfide) groups is 1. The van der Waals surface area contributed by atoms with Crippen molar-refractivity contribution in [2.75, 3.05) is 5.75 Å². The van der Waals surface area contributed by atoms with E-state index in [1.165, 1.54) is 0 Å². The van der Waals surface area contributed by atoms with Crippen molar-refractivity contribution in [1.29, 1.82) is 0 Å². The first-order valence-corrected chi connectivity index (χ1v) is 11.7. The van der Waals surface area contributed by atoms with Crippen molar-refractivity contribution in [1.82, 2.24) is 0 Å². The summed E-state index contributed by atoms with van der Waals surface area (Å²) in [5, 5.41) is 10.6. The van der Waals surface area contributed by atoms with E-state index in [9.17, 15) is 19.5 Å². The van der Waals surface area contributed by atoms with Gasteiger partial charge in [0.15, 0.2) is 18.3 Å². The number of carbonyl (C=O) groups is 3. The highest BCUT2D eigenvalue weighted by molar-refractivity contribution is 7.99. The number of aliphatic hydroxyl groups excluding tert-OH is 1. The molecular weight excluding hydrogens is 456 g/mol. The number of hydrogen-bond donors (Lipinski definition) is 1. The quantitative estimate of drug-likeness (QED) is 0.423. The van der Waals surface area contributed by atoms with Crippen LogP contribution >= 0.6 is 11.8 Å². The Balaban J connectivity index is 1.59. The van der Waals surface area contributed by atoms with Gasteiger partial charge in [-0.2, -0.15) is 0 Å². The number of rotatable bonds is 6. The molecule has 34 heavy (non-hydrogen) atoms. The second-order valence-corrected chi connectivity index (χ2v) is 8.66. The minimum atomic E-state index is -1.26. The summed E-state index contributed by atoms with van der Waals surface area (Å²) in [5.41, 5.74) is -0.315. The first-order chi connectivity index (χ1) is 16.5. The number of ether oxygens (including phenoxy) is 3. The van der Waals surface area contributed by atoms with E-state index >= 15 is 0 Å². The standard InChI is InChI=1S/C26H22O7S/c27-23(17-10-4-1-5-11-17)31-20-16-34-26(30)22(33-25(29)19-14-8-3-9-15-19)21(20)32-24(28)18-12-6-2-7-13-18/h1-15,20-22,26,30H,16H2/t20-,21+,22-,26?/m1/s1. The van der Waals surface area contributed by atoms with Gasteiger partial charge in [-0.05, 0) is 36.4 Å². The maximum absolute atomic E-state index is 12.8. The molecule has 0 radical (unpaired) electrons. The first-order valence-electron chi connectivity index (χ1n) is 10.6. The zero-order chi connectivity index (χ0) is 23.9. The largest absolute Gasteiger partial charge is 0.454 e. The second kappa shape index (κ2) is 11.0. The fourth-order valence-electron chi connectivity index (χ4n) is 3.44. The van der Waals surface area contributed by atoms with Gasteiger partial charge in [0.2, 0.25) is 0 Å². The van der Waals surface area contributed by atoms with Gasteiger partial charge in [0, 0.05) is 5.75 Å². The Morgan fingerprint density at radius 3 is 1.44 bits per heavy atom. The molecule has 0 bridgehead atoms. The molecule has 1 unspecified atom stereocenters. The molecule has 7 nitrogen and oxygen atoms in total. The number of carbonyl (C=O) groups excluding carboxylic acids is 3. The molecule has 0 spiro atoms. The fraction of sp³-hybridized carbons (Fsp3) is 0.192. The van der Waals surface area contributed by atoms with E-state index in [2.05, 4.69) is 0 Å². The van der Waals surface area contributed by atoms with E-state index in [1.54, 1.807) is 91.0 Å². The maximum atomic E-state index is 12.8. The predicted molar refractivity (Wildman–Crippen MR) is 125 cm³/mol. The third-order valence-electron chi connectivity index (χ3n) is 5.18. The van der Waals surface area contributed by atoms with E-state index in [0.29, 0.717) is 5.56 Å². The Kier molecular flexibility index (Phi) is 7.61. The van der Waals surface area contributed by atoms with Crippen LogP contribution in [0.3, 0.4) is 0 Å². The smallest absolute Gasteiger partial charge is 0.338 e. The number of hydrogen-bond acceptors (Lipinski definition) is 8. The Morgan fingerprint density at radius 2 is 1.00 bits per heavy atom. The summed E-state index contributed by atoms with van der Waals surface area (Å²) in [6.07, 6.45) is -3.43. The summed E-state index contributed by atoms with van der Waals surface area (Å²) >= 11 is 1.05. The maximum Gasteiger partial charge on any atom is 0.338 e. The first kappa shape index (κ1) is 23.5. The van der Waals surface area contributed by atoms with Gasteiger partial charge in [-0.3, -0.25) is 0 Å². The number of esters is 3. The summed E-state index contributed by atoms with van der Waals surface area (Å²) in [4.78, 5) is 38.3. The molecule has 1 fully saturated rings. The number of benzene rings is 3. The Hall–Kier alpha value is -3.62. The van der Waals surface area contributed by atoms with E-state index in [-0.39, 0.29) is 16.9 Å². The SMILES string of the molecule is O=C(O[C@H]1[C@H](OC(=O)c2ccccc2)CSC(O)[C@@H]1OC(=O)c1ccccc1)c1ccccc1. The van der Waals surface area contributed by atoms with Crippen molar-refractivity contribution in [3.05, 3.63) is 108 Å². The minimum absolute atomic E-state index is 0.145. The average Bonchev–Trinajstić information content (AvgIpc) is 2.89. The Labute approximate surface area is 200 Å². The zero-order valence-corrected chi connectivity index (χ0v) is 18.8. The molecule has 1 aliphatic rings. The molecule has 0 amide bonds. The fourth-order valence-corrected chi connectivity index (χ4v) is 4.48. The molecule has 0 aromatic heterocycles. The van der Waals surface area contributed by atoms with Crippen LogP contribution in [0.1, 0.15) is 31.1 Å². The normalized spacial score (nSPS) is 21.8. The monoisotopic (exact) mass is 478 g/mol. The molecule has 4 atom stereocenters. The minimum Gasteiger partial charge on any atom is -0.454 e. The van der Waals surface area contributed by atoms with Gasteiger partial charge < -0.3 is 19.3 Å². The Bertz CT molecular complexity index is 1120. The highest BCUT2D eigenvalue weighted by Crippen LogP contribution is 2.32. The van der Waals surface area contributed by atoms with Crippen molar-refractivity contribution in [3.8, 4) is 0 Å².